The van der Waals surface area contributed by atoms with E-state index >= 15 is 0 Å². The van der Waals surface area contributed by atoms with Gasteiger partial charge in [-0.1, -0.05) is 290 Å². The van der Waals surface area contributed by atoms with Crippen molar-refractivity contribution in [2.24, 2.45) is 0 Å². The van der Waals surface area contributed by atoms with Crippen molar-refractivity contribution in [3.8, 4) is 0 Å². The van der Waals surface area contributed by atoms with Crippen LogP contribution in [0.1, 0.15) is 104 Å². The van der Waals surface area contributed by atoms with E-state index in [1.807, 2.05) is 97.7 Å². The molecule has 0 radical (unpaired) electrons. The number of benzene rings is 8. The Bertz CT molecular complexity index is 2690. The number of aromatic nitrogens is 2. The van der Waals surface area contributed by atoms with Crippen LogP contribution >= 0.6 is 0 Å². The van der Waals surface area contributed by atoms with E-state index in [0.29, 0.717) is 0 Å². The Morgan fingerprint density at radius 3 is 0.571 bits per heavy atom. The third-order valence-corrected chi connectivity index (χ3v) is 12.8. The van der Waals surface area contributed by atoms with Gasteiger partial charge >= 0.3 is 59.1 Å². The molecule has 4 N–H and O–H groups in total. The van der Waals surface area contributed by atoms with E-state index in [9.17, 15) is 0 Å². The van der Waals surface area contributed by atoms with E-state index in [1.165, 1.54) is 57.3 Å². The molecular weight excluding hydrogens is 963 g/mol. The molecule has 0 atom stereocenters. The second-order valence-corrected chi connectivity index (χ2v) is 18.2. The largest absolute Gasteiger partial charge is 1.00 e. The first-order valence-electron chi connectivity index (χ1n) is 25.9. The van der Waals surface area contributed by atoms with E-state index in [4.69, 9.17) is 14.7 Å². The predicted octanol–water partition coefficient (Wildman–Crippen LogP) is 1.25. The molecule has 7 nitrogen and oxygen atoms in total. The smallest absolute Gasteiger partial charge is 0.648 e. The van der Waals surface area contributed by atoms with Gasteiger partial charge in [-0.3, -0.25) is 0 Å². The fourth-order valence-electron chi connectivity index (χ4n) is 9.00. The zero-order chi connectivity index (χ0) is 51.0. The predicted molar refractivity (Wildman–Crippen MR) is 303 cm³/mol. The van der Waals surface area contributed by atoms with Crippen LogP contribution in [0.3, 0.4) is 0 Å². The van der Waals surface area contributed by atoms with Gasteiger partial charge in [-0.2, -0.15) is 0 Å². The number of hydrogen-bond acceptors (Lipinski definition) is 1. The second kappa shape index (κ2) is 31.9. The van der Waals surface area contributed by atoms with Crippen LogP contribution in [0.4, 0.5) is 0 Å². The van der Waals surface area contributed by atoms with Crippen molar-refractivity contribution in [2.75, 3.05) is 13.2 Å². The van der Waals surface area contributed by atoms with Gasteiger partial charge < -0.3 is 14.7 Å². The zero-order valence-electron chi connectivity index (χ0n) is 44.2. The Labute approximate surface area is 498 Å². The van der Waals surface area contributed by atoms with Crippen molar-refractivity contribution in [1.82, 2.24) is 9.97 Å². The average molecular weight is 1030 g/mol. The maximum atomic E-state index is 4.94. The Balaban J connectivity index is 0.000000200. The van der Waals surface area contributed by atoms with E-state index in [1.54, 1.807) is 0 Å². The summed E-state index contributed by atoms with van der Waals surface area (Å²) in [7, 11) is 0. The summed E-state index contributed by atoms with van der Waals surface area (Å²) in [6, 6.07) is 92.2. The van der Waals surface area contributed by atoms with Gasteiger partial charge in [0.15, 0.2) is 0 Å². The average Bonchev–Trinajstić information content (AvgIpc) is 4.32. The van der Waals surface area contributed by atoms with Crippen molar-refractivity contribution in [2.45, 2.75) is 37.0 Å². The molecule has 8 aromatic carbocycles. The zero-order valence-corrected chi connectivity index (χ0v) is 48.2. The summed E-state index contributed by atoms with van der Waals surface area (Å²) in [4.78, 5) is 23.9. The van der Waals surface area contributed by atoms with Crippen LogP contribution in [0.5, 0.6) is 0 Å². The van der Waals surface area contributed by atoms with Gasteiger partial charge in [-0.05, 0) is 12.8 Å². The van der Waals surface area contributed by atoms with E-state index in [0.717, 1.165) is 36.0 Å². The summed E-state index contributed by atoms with van der Waals surface area (Å²) in [6.45, 7) is 2.00. The minimum absolute atomic E-state index is 0. The first-order valence-corrected chi connectivity index (χ1v) is 25.9. The van der Waals surface area contributed by atoms with Crippen molar-refractivity contribution < 1.29 is 83.8 Å². The second-order valence-electron chi connectivity index (χ2n) is 18.2. The molecule has 1 aliphatic rings. The molecule has 1 saturated heterocycles. The minimum atomic E-state index is 0. The van der Waals surface area contributed by atoms with Crippen LogP contribution < -0.4 is 89.1 Å². The first-order chi connectivity index (χ1) is 37.2. The van der Waals surface area contributed by atoms with Crippen LogP contribution in [0.15, 0.2) is 267 Å². The Kier molecular flexibility index (Phi) is 23.9. The molecule has 0 spiro atoms. The Morgan fingerprint density at radius 1 is 0.260 bits per heavy atom. The first kappa shape index (κ1) is 57.7. The van der Waals surface area contributed by atoms with Crippen LogP contribution in [-0.4, -0.2) is 38.1 Å². The molecule has 1 fully saturated rings. The van der Waals surface area contributed by atoms with Crippen molar-refractivity contribution in [1.29, 1.82) is 0 Å². The summed E-state index contributed by atoms with van der Waals surface area (Å²) < 4.78 is 4.94. The van der Waals surface area contributed by atoms with Gasteiger partial charge in [0, 0.05) is 57.7 Å². The summed E-state index contributed by atoms with van der Waals surface area (Å²) in [5.41, 5.74) is 13.3. The fraction of sp³-hybridized carbons (Fsp3) is 0.118. The molecule has 11 rings (SSSR count). The molecule has 3 heterocycles. The van der Waals surface area contributed by atoms with Crippen LogP contribution in [0.2, 0.25) is 0 Å². The SMILES string of the molecule is C(=[NH+]C(c1ccccc1)c1ccccc1)c1ccc(C=[NH+]C(c2ccccc2)c2ccccc2)[n-]1.C(=[NH+]C(c1ccccc1)c1ccccc1)c1ccc(C=[NH+]C(c2ccccc2)c2ccccc2)[n-]1.C1CCOC1.[Na+].[Na+]. The van der Waals surface area contributed by atoms with Gasteiger partial charge in [0.1, 0.15) is 24.9 Å². The number of nitrogens with one attached hydrogen (secondary N) is 4. The molecule has 10 aromatic rings. The molecule has 0 unspecified atom stereocenters. The Morgan fingerprint density at radius 2 is 0.429 bits per heavy atom. The van der Waals surface area contributed by atoms with E-state index < -0.39 is 0 Å². The molecule has 0 saturated carbocycles. The molecule has 0 amide bonds. The Hall–Kier alpha value is -7.04. The van der Waals surface area contributed by atoms with Gasteiger partial charge in [-0.25, -0.2) is 20.0 Å². The number of hydrogen-bond donors (Lipinski definition) is 4. The van der Waals surface area contributed by atoms with Gasteiger partial charge in [0.2, 0.25) is 24.2 Å². The molecule has 370 valence electrons. The standard InChI is InChI=1S/2C32H26N3.C4H8O.2Na/c2*1-5-13-25(14-6-1)31(26-15-7-2-8-16-26)33-23-29-21-22-30(35-29)24-34-32(27-17-9-3-10-18-27)28-19-11-4-12-20-28;1-2-4-5-3-1;;/h2*1-24,31-32H;1-4H2;;/q2*-1;;2*+1/p+4. The van der Waals surface area contributed by atoms with Gasteiger partial charge in [-0.15, -0.1) is 0 Å². The monoisotopic (exact) mass is 1030 g/mol. The van der Waals surface area contributed by atoms with Gasteiger partial charge in [0.25, 0.3) is 0 Å². The third kappa shape index (κ3) is 17.8. The topological polar surface area (TPSA) is 93.3 Å². The summed E-state index contributed by atoms with van der Waals surface area (Å²) in [6.07, 6.45) is 10.5. The molecular formula is C68H64N6Na2O+4. The molecule has 0 aliphatic carbocycles. The van der Waals surface area contributed by atoms with Crippen LogP contribution in [-0.2, 0) is 4.74 Å². The summed E-state index contributed by atoms with van der Waals surface area (Å²) in [5, 5.41) is 0. The molecule has 2 aromatic heterocycles. The van der Waals surface area contributed by atoms with Crippen molar-refractivity contribution in [3.05, 3.63) is 334 Å². The molecule has 0 bridgehead atoms. The molecule has 1 aliphatic heterocycles. The van der Waals surface area contributed by atoms with Crippen LogP contribution in [0, 0.1) is 0 Å². The van der Waals surface area contributed by atoms with E-state index in [-0.39, 0.29) is 83.3 Å². The van der Waals surface area contributed by atoms with Crippen molar-refractivity contribution >= 4 is 24.9 Å². The van der Waals surface area contributed by atoms with Gasteiger partial charge in [0.05, 0.1) is 0 Å². The number of ether oxygens (including phenoxy) is 1. The summed E-state index contributed by atoms with van der Waals surface area (Å²) in [5.74, 6) is 0. The molecule has 9 heteroatoms. The fourth-order valence-corrected chi connectivity index (χ4v) is 9.00. The number of rotatable bonds is 16. The van der Waals surface area contributed by atoms with Crippen molar-refractivity contribution in [3.63, 3.8) is 0 Å². The normalized spacial score (nSPS) is 12.2. The van der Waals surface area contributed by atoms with Crippen LogP contribution in [0.25, 0.3) is 0 Å². The maximum Gasteiger partial charge on any atom is 1.00 e. The summed E-state index contributed by atoms with van der Waals surface area (Å²) >= 11 is 0. The third-order valence-electron chi connectivity index (χ3n) is 12.8. The maximum absolute atomic E-state index is 4.94. The quantitative estimate of drug-likeness (QED) is 0.0869. The number of nitrogens with zero attached hydrogens (tertiary/aromatic N) is 2. The molecule has 77 heavy (non-hydrogen) atoms. The minimum Gasteiger partial charge on any atom is -0.648 e. The van der Waals surface area contributed by atoms with E-state index in [2.05, 4.69) is 214 Å².